The maximum absolute atomic E-state index is 13.5. The summed E-state index contributed by atoms with van der Waals surface area (Å²) >= 11 is 0. The fraction of sp³-hybridized carbons (Fsp3) is 0.294. The topological polar surface area (TPSA) is 35.9 Å². The fourth-order valence-corrected chi connectivity index (χ4v) is 2.57. The second kappa shape index (κ2) is 6.60. The SMILES string of the molecule is C=C/C=C(\C=C)C1=NC2=C(C(=O)CC)CN(C)N2C(C(F)(F)F)=C1. The number of rotatable bonds is 5. The summed E-state index contributed by atoms with van der Waals surface area (Å²) in [5.74, 6) is -0.204. The van der Waals surface area contributed by atoms with Gasteiger partial charge in [0.15, 0.2) is 11.6 Å². The third kappa shape index (κ3) is 3.12. The molecule has 0 bridgehead atoms. The van der Waals surface area contributed by atoms with Gasteiger partial charge in [-0.15, -0.1) is 0 Å². The van der Waals surface area contributed by atoms with Crippen LogP contribution in [0.3, 0.4) is 0 Å². The van der Waals surface area contributed by atoms with E-state index in [1.165, 1.54) is 30.3 Å². The molecule has 0 saturated heterocycles. The van der Waals surface area contributed by atoms with E-state index in [2.05, 4.69) is 18.2 Å². The highest BCUT2D eigenvalue weighted by atomic mass is 19.4. The number of halogens is 3. The summed E-state index contributed by atoms with van der Waals surface area (Å²) in [5, 5.41) is 2.28. The van der Waals surface area contributed by atoms with Crippen LogP contribution < -0.4 is 0 Å². The number of carbonyl (C=O) groups is 1. The number of nitrogens with zero attached hydrogens (tertiary/aromatic N) is 3. The van der Waals surface area contributed by atoms with Crippen molar-refractivity contribution in [3.63, 3.8) is 0 Å². The molecule has 0 aromatic carbocycles. The van der Waals surface area contributed by atoms with E-state index in [-0.39, 0.29) is 35.9 Å². The van der Waals surface area contributed by atoms with Gasteiger partial charge in [0.2, 0.25) is 0 Å². The predicted octanol–water partition coefficient (Wildman–Crippen LogP) is 3.54. The number of likely N-dealkylation sites (N-methyl/N-ethyl adjacent to an activating group) is 1. The highest BCUT2D eigenvalue weighted by molar-refractivity contribution is 6.12. The van der Waals surface area contributed by atoms with Crippen LogP contribution in [0.4, 0.5) is 13.2 Å². The van der Waals surface area contributed by atoms with Crippen molar-refractivity contribution in [1.82, 2.24) is 10.0 Å². The zero-order chi connectivity index (χ0) is 18.1. The Bertz CT molecular complexity index is 711. The maximum Gasteiger partial charge on any atom is 0.433 e. The maximum atomic E-state index is 13.5. The van der Waals surface area contributed by atoms with Crippen LogP contribution in [0, 0.1) is 0 Å². The molecule has 0 fully saturated rings. The van der Waals surface area contributed by atoms with E-state index < -0.39 is 11.9 Å². The van der Waals surface area contributed by atoms with Crippen LogP contribution in [-0.4, -0.2) is 41.3 Å². The number of hydrogen-bond donors (Lipinski definition) is 0. The van der Waals surface area contributed by atoms with E-state index in [1.807, 2.05) is 0 Å². The summed E-state index contributed by atoms with van der Waals surface area (Å²) in [7, 11) is 1.49. The molecule has 4 nitrogen and oxygen atoms in total. The summed E-state index contributed by atoms with van der Waals surface area (Å²) in [6.45, 7) is 8.89. The van der Waals surface area contributed by atoms with E-state index >= 15 is 0 Å². The first kappa shape index (κ1) is 17.9. The normalized spacial score (nSPS) is 19.0. The number of allylic oxidation sites excluding steroid dienone is 6. The molecule has 0 N–H and O–H groups in total. The summed E-state index contributed by atoms with van der Waals surface area (Å²) in [6.07, 6.45) is 0.934. The molecule has 0 amide bonds. The van der Waals surface area contributed by atoms with Gasteiger partial charge in [0.1, 0.15) is 5.70 Å². The van der Waals surface area contributed by atoms with E-state index in [9.17, 15) is 18.0 Å². The Morgan fingerprint density at radius 2 is 2.08 bits per heavy atom. The number of fused-ring (bicyclic) bond motifs is 1. The summed E-state index contributed by atoms with van der Waals surface area (Å²) < 4.78 is 40.6. The molecule has 2 rings (SSSR count). The van der Waals surface area contributed by atoms with Crippen molar-refractivity contribution in [2.45, 2.75) is 19.5 Å². The standard InChI is InChI=1S/C17H18F3N3O/c1-5-8-11(6-2)13-9-15(17(18,19)20)23-16(21-13)12(10-22(23)4)14(24)7-3/h5-6,8-9H,1-2,7,10H2,3-4H3/b11-8+. The van der Waals surface area contributed by atoms with Crippen LogP contribution in [0.15, 0.2) is 65.1 Å². The van der Waals surface area contributed by atoms with Crippen molar-refractivity contribution in [2.24, 2.45) is 4.99 Å². The third-order valence-electron chi connectivity index (χ3n) is 3.69. The molecule has 0 spiro atoms. The molecule has 24 heavy (non-hydrogen) atoms. The molecule has 0 atom stereocenters. The zero-order valence-electron chi connectivity index (χ0n) is 13.5. The van der Waals surface area contributed by atoms with Crippen molar-refractivity contribution in [3.05, 3.63) is 60.1 Å². The summed E-state index contributed by atoms with van der Waals surface area (Å²) in [5.41, 5.74) is -0.119. The molecule has 2 heterocycles. The Morgan fingerprint density at radius 1 is 1.42 bits per heavy atom. The lowest BCUT2D eigenvalue weighted by Gasteiger charge is -2.33. The molecule has 7 heteroatoms. The Hall–Kier alpha value is -2.41. The average molecular weight is 337 g/mol. The minimum absolute atomic E-state index is 0.0194. The lowest BCUT2D eigenvalue weighted by Crippen LogP contribution is -2.40. The van der Waals surface area contributed by atoms with Gasteiger partial charge in [-0.05, 0) is 11.6 Å². The molecule has 0 unspecified atom stereocenters. The Labute approximate surface area is 138 Å². The predicted molar refractivity (Wildman–Crippen MR) is 86.8 cm³/mol. The molecule has 128 valence electrons. The van der Waals surface area contributed by atoms with Gasteiger partial charge >= 0.3 is 6.18 Å². The van der Waals surface area contributed by atoms with Gasteiger partial charge in [0.25, 0.3) is 0 Å². The van der Waals surface area contributed by atoms with Crippen molar-refractivity contribution in [3.8, 4) is 0 Å². The molecule has 0 aromatic rings. The van der Waals surface area contributed by atoms with Crippen LogP contribution in [-0.2, 0) is 4.79 Å². The van der Waals surface area contributed by atoms with Crippen molar-refractivity contribution in [2.75, 3.05) is 13.6 Å². The van der Waals surface area contributed by atoms with Crippen LogP contribution in [0.5, 0.6) is 0 Å². The van der Waals surface area contributed by atoms with Gasteiger partial charge in [0.05, 0.1) is 17.8 Å². The van der Waals surface area contributed by atoms with Gasteiger partial charge in [-0.3, -0.25) is 9.80 Å². The molecule has 0 aromatic heterocycles. The van der Waals surface area contributed by atoms with Crippen LogP contribution in [0.25, 0.3) is 0 Å². The van der Waals surface area contributed by atoms with Gasteiger partial charge in [-0.2, -0.15) is 13.2 Å². The molecule has 0 radical (unpaired) electrons. The van der Waals surface area contributed by atoms with Gasteiger partial charge in [-0.25, -0.2) is 10.0 Å². The first-order valence-corrected chi connectivity index (χ1v) is 7.35. The van der Waals surface area contributed by atoms with Crippen molar-refractivity contribution in [1.29, 1.82) is 0 Å². The number of alkyl halides is 3. The quantitative estimate of drug-likeness (QED) is 0.720. The van der Waals surface area contributed by atoms with E-state index in [0.717, 1.165) is 11.1 Å². The number of hydrazine groups is 1. The number of Topliss-reactive ketones (excluding diaryl/α,β-unsaturated/α-hetero) is 1. The van der Waals surface area contributed by atoms with Crippen LogP contribution >= 0.6 is 0 Å². The van der Waals surface area contributed by atoms with Crippen LogP contribution in [0.2, 0.25) is 0 Å². The minimum atomic E-state index is -4.59. The molecule has 2 aliphatic heterocycles. The first-order chi connectivity index (χ1) is 11.2. The first-order valence-electron chi connectivity index (χ1n) is 7.35. The molecule has 0 aliphatic carbocycles. The monoisotopic (exact) mass is 337 g/mol. The molecule has 0 saturated carbocycles. The number of carbonyl (C=O) groups excluding carboxylic acids is 1. The summed E-state index contributed by atoms with van der Waals surface area (Å²) in [4.78, 5) is 16.4. The molecular formula is C17H18F3N3O. The number of aliphatic imine (C=N–C) groups is 1. The molecular weight excluding hydrogens is 319 g/mol. The molecule has 2 aliphatic rings. The highest BCUT2D eigenvalue weighted by Crippen LogP contribution is 2.39. The van der Waals surface area contributed by atoms with Crippen molar-refractivity contribution < 1.29 is 18.0 Å². The van der Waals surface area contributed by atoms with E-state index in [1.54, 1.807) is 6.92 Å². The Morgan fingerprint density at radius 3 is 2.58 bits per heavy atom. The van der Waals surface area contributed by atoms with E-state index in [4.69, 9.17) is 0 Å². The fourth-order valence-electron chi connectivity index (χ4n) is 2.57. The van der Waals surface area contributed by atoms with Gasteiger partial charge in [0, 0.05) is 13.5 Å². The summed E-state index contributed by atoms with van der Waals surface area (Å²) in [6, 6.07) is 0. The zero-order valence-corrected chi connectivity index (χ0v) is 13.5. The number of hydrogen-bond acceptors (Lipinski definition) is 4. The average Bonchev–Trinajstić information content (AvgIpc) is 2.87. The Balaban J connectivity index is 2.70. The third-order valence-corrected chi connectivity index (χ3v) is 3.69. The van der Waals surface area contributed by atoms with Gasteiger partial charge < -0.3 is 0 Å². The van der Waals surface area contributed by atoms with Gasteiger partial charge in [-0.1, -0.05) is 38.3 Å². The lowest BCUT2D eigenvalue weighted by atomic mass is 10.1. The van der Waals surface area contributed by atoms with E-state index in [0.29, 0.717) is 5.57 Å². The number of ketones is 1. The van der Waals surface area contributed by atoms with Crippen molar-refractivity contribution >= 4 is 11.5 Å². The highest BCUT2D eigenvalue weighted by Gasteiger charge is 2.46. The minimum Gasteiger partial charge on any atom is -0.294 e. The van der Waals surface area contributed by atoms with Crippen LogP contribution in [0.1, 0.15) is 13.3 Å². The second-order valence-electron chi connectivity index (χ2n) is 5.29. The lowest BCUT2D eigenvalue weighted by molar-refractivity contribution is -0.125. The largest absolute Gasteiger partial charge is 0.433 e. The second-order valence-corrected chi connectivity index (χ2v) is 5.29. The Kier molecular flexibility index (Phi) is 4.94. The smallest absolute Gasteiger partial charge is 0.294 e.